The van der Waals surface area contributed by atoms with Crippen LogP contribution in [-0.2, 0) is 22.5 Å². The number of nitrogens with two attached hydrogens (primary N) is 1. The van der Waals surface area contributed by atoms with E-state index in [1.165, 1.54) is 19.2 Å². The SMILES string of the molecule is COCOc1cc(C(F)F)ccc1-c1nnc(N)c2c1CC1(CC1)OC2. The monoisotopic (exact) mass is 363 g/mol. The number of ether oxygens (including phenoxy) is 3. The largest absolute Gasteiger partial charge is 0.467 e. The number of fused-ring (bicyclic) bond motifs is 1. The second kappa shape index (κ2) is 6.44. The van der Waals surface area contributed by atoms with Gasteiger partial charge in [0.25, 0.3) is 6.43 Å². The molecule has 1 fully saturated rings. The molecule has 1 aliphatic heterocycles. The van der Waals surface area contributed by atoms with Crippen molar-refractivity contribution >= 4 is 5.82 Å². The Hall–Kier alpha value is -2.32. The molecule has 6 nitrogen and oxygen atoms in total. The lowest BCUT2D eigenvalue weighted by Crippen LogP contribution is -2.26. The van der Waals surface area contributed by atoms with Crippen LogP contribution in [0, 0.1) is 0 Å². The van der Waals surface area contributed by atoms with Crippen LogP contribution < -0.4 is 10.5 Å². The second-order valence-corrected chi connectivity index (χ2v) is 6.65. The molecule has 1 saturated carbocycles. The van der Waals surface area contributed by atoms with Gasteiger partial charge in [0.2, 0.25) is 0 Å². The zero-order chi connectivity index (χ0) is 18.3. The molecule has 0 bridgehead atoms. The number of nitrogen functional groups attached to an aromatic ring is 1. The van der Waals surface area contributed by atoms with Gasteiger partial charge in [0.1, 0.15) is 11.4 Å². The van der Waals surface area contributed by atoms with E-state index in [0.29, 0.717) is 30.1 Å². The fourth-order valence-electron chi connectivity index (χ4n) is 3.26. The van der Waals surface area contributed by atoms with E-state index in [4.69, 9.17) is 19.9 Å². The van der Waals surface area contributed by atoms with Crippen LogP contribution in [0.4, 0.5) is 14.6 Å². The first-order valence-electron chi connectivity index (χ1n) is 8.35. The van der Waals surface area contributed by atoms with Crippen molar-refractivity contribution in [2.75, 3.05) is 19.6 Å². The van der Waals surface area contributed by atoms with Crippen molar-refractivity contribution < 1.29 is 23.0 Å². The Morgan fingerprint density at radius 3 is 2.77 bits per heavy atom. The number of benzene rings is 1. The summed E-state index contributed by atoms with van der Waals surface area (Å²) in [4.78, 5) is 0. The summed E-state index contributed by atoms with van der Waals surface area (Å²) in [6, 6.07) is 4.27. The Morgan fingerprint density at radius 1 is 1.27 bits per heavy atom. The Bertz CT molecular complexity index is 841. The van der Waals surface area contributed by atoms with Crippen LogP contribution in [0.25, 0.3) is 11.3 Å². The minimum Gasteiger partial charge on any atom is -0.467 e. The molecule has 2 heterocycles. The van der Waals surface area contributed by atoms with Crippen LogP contribution >= 0.6 is 0 Å². The molecular formula is C18H19F2N3O3. The first kappa shape index (κ1) is 17.1. The number of hydrogen-bond acceptors (Lipinski definition) is 6. The molecule has 2 N–H and O–H groups in total. The summed E-state index contributed by atoms with van der Waals surface area (Å²) in [5.41, 5.74) is 8.65. The van der Waals surface area contributed by atoms with Gasteiger partial charge in [-0.25, -0.2) is 8.78 Å². The molecule has 26 heavy (non-hydrogen) atoms. The predicted molar refractivity (Wildman–Crippen MR) is 89.8 cm³/mol. The van der Waals surface area contributed by atoms with E-state index < -0.39 is 6.43 Å². The van der Waals surface area contributed by atoms with Crippen molar-refractivity contribution in [3.63, 3.8) is 0 Å². The molecule has 2 aliphatic rings. The standard InChI is InChI=1S/C18H19F2N3O3/c1-24-9-25-14-6-10(16(19)20)2-3-11(14)15-12-7-18(4-5-18)26-8-13(12)17(21)23-22-15/h2-3,6,16H,4-5,7-9H2,1H3,(H2,21,23). The third-order valence-electron chi connectivity index (χ3n) is 4.89. The summed E-state index contributed by atoms with van der Waals surface area (Å²) < 4.78 is 42.6. The fraction of sp³-hybridized carbons (Fsp3) is 0.444. The highest BCUT2D eigenvalue weighted by molar-refractivity contribution is 5.73. The van der Waals surface area contributed by atoms with Crippen molar-refractivity contribution in [2.45, 2.75) is 37.9 Å². The molecule has 1 aliphatic carbocycles. The maximum Gasteiger partial charge on any atom is 0.263 e. The first-order chi connectivity index (χ1) is 12.5. The summed E-state index contributed by atoms with van der Waals surface area (Å²) >= 11 is 0. The van der Waals surface area contributed by atoms with E-state index in [-0.39, 0.29) is 23.7 Å². The Labute approximate surface area is 149 Å². The number of halogens is 2. The number of nitrogens with zero attached hydrogens (tertiary/aromatic N) is 2. The van der Waals surface area contributed by atoms with Crippen LogP contribution in [0.1, 0.15) is 36.0 Å². The number of aromatic nitrogens is 2. The van der Waals surface area contributed by atoms with Gasteiger partial charge in [-0.1, -0.05) is 6.07 Å². The smallest absolute Gasteiger partial charge is 0.263 e. The highest BCUT2D eigenvalue weighted by Gasteiger charge is 2.48. The van der Waals surface area contributed by atoms with Crippen LogP contribution in [0.5, 0.6) is 5.75 Å². The normalized spacial score (nSPS) is 17.4. The average Bonchev–Trinajstić information content (AvgIpc) is 3.38. The number of anilines is 1. The molecule has 0 radical (unpaired) electrons. The Morgan fingerprint density at radius 2 is 2.08 bits per heavy atom. The van der Waals surface area contributed by atoms with Crippen LogP contribution in [0.2, 0.25) is 0 Å². The minimum absolute atomic E-state index is 0.0582. The summed E-state index contributed by atoms with van der Waals surface area (Å²) in [6.07, 6.45) is 0.0673. The lowest BCUT2D eigenvalue weighted by molar-refractivity contribution is 0.00836. The van der Waals surface area contributed by atoms with E-state index in [1.807, 2.05) is 0 Å². The highest BCUT2D eigenvalue weighted by atomic mass is 19.3. The average molecular weight is 363 g/mol. The minimum atomic E-state index is -2.59. The van der Waals surface area contributed by atoms with Crippen LogP contribution in [-0.4, -0.2) is 29.7 Å². The summed E-state index contributed by atoms with van der Waals surface area (Å²) in [5.74, 6) is 0.616. The Balaban J connectivity index is 1.82. The zero-order valence-electron chi connectivity index (χ0n) is 14.3. The summed E-state index contributed by atoms with van der Waals surface area (Å²) in [7, 11) is 1.47. The molecule has 0 saturated heterocycles. The molecule has 0 unspecified atom stereocenters. The number of hydrogen-bond donors (Lipinski definition) is 1. The van der Waals surface area contributed by atoms with Crippen molar-refractivity contribution in [2.24, 2.45) is 0 Å². The molecule has 0 amide bonds. The molecule has 1 aromatic carbocycles. The van der Waals surface area contributed by atoms with Gasteiger partial charge in [0, 0.05) is 30.2 Å². The van der Waals surface area contributed by atoms with Crippen molar-refractivity contribution in [3.8, 4) is 17.0 Å². The number of rotatable bonds is 5. The second-order valence-electron chi connectivity index (χ2n) is 6.65. The molecule has 138 valence electrons. The lowest BCUT2D eigenvalue weighted by Gasteiger charge is -2.27. The van der Waals surface area contributed by atoms with Crippen LogP contribution in [0.3, 0.4) is 0 Å². The molecule has 4 rings (SSSR count). The molecular weight excluding hydrogens is 344 g/mol. The van der Waals surface area contributed by atoms with Gasteiger partial charge in [-0.2, -0.15) is 0 Å². The van der Waals surface area contributed by atoms with Crippen molar-refractivity contribution in [3.05, 3.63) is 34.9 Å². The predicted octanol–water partition coefficient (Wildman–Crippen LogP) is 3.25. The van der Waals surface area contributed by atoms with Crippen LogP contribution in [0.15, 0.2) is 18.2 Å². The third-order valence-corrected chi connectivity index (χ3v) is 4.89. The summed E-state index contributed by atoms with van der Waals surface area (Å²) in [6.45, 7) is 0.324. The topological polar surface area (TPSA) is 79.5 Å². The number of alkyl halides is 2. The van der Waals surface area contributed by atoms with Gasteiger partial charge in [0.15, 0.2) is 12.6 Å². The molecule has 0 atom stereocenters. The fourth-order valence-corrected chi connectivity index (χ4v) is 3.26. The van der Waals surface area contributed by atoms with Crippen molar-refractivity contribution in [1.29, 1.82) is 0 Å². The maximum atomic E-state index is 13.1. The first-order valence-corrected chi connectivity index (χ1v) is 8.35. The van der Waals surface area contributed by atoms with E-state index in [2.05, 4.69) is 10.2 Å². The van der Waals surface area contributed by atoms with Gasteiger partial charge >= 0.3 is 0 Å². The quantitative estimate of drug-likeness (QED) is 0.822. The molecule has 1 spiro atoms. The van der Waals surface area contributed by atoms with E-state index in [1.54, 1.807) is 6.07 Å². The zero-order valence-corrected chi connectivity index (χ0v) is 14.3. The van der Waals surface area contributed by atoms with Gasteiger partial charge in [-0.05, 0) is 30.5 Å². The van der Waals surface area contributed by atoms with Crippen molar-refractivity contribution in [1.82, 2.24) is 10.2 Å². The maximum absolute atomic E-state index is 13.1. The van der Waals surface area contributed by atoms with Gasteiger partial charge in [-0.15, -0.1) is 10.2 Å². The third kappa shape index (κ3) is 2.99. The molecule has 2 aromatic rings. The van der Waals surface area contributed by atoms with Gasteiger partial charge in [0.05, 0.1) is 12.2 Å². The van der Waals surface area contributed by atoms with E-state index in [9.17, 15) is 8.78 Å². The van der Waals surface area contributed by atoms with Gasteiger partial charge < -0.3 is 19.9 Å². The summed E-state index contributed by atoms with van der Waals surface area (Å²) in [5, 5.41) is 8.29. The molecule has 8 heteroatoms. The number of methoxy groups -OCH3 is 1. The molecule has 1 aromatic heterocycles. The van der Waals surface area contributed by atoms with E-state index >= 15 is 0 Å². The highest BCUT2D eigenvalue weighted by Crippen LogP contribution is 2.49. The van der Waals surface area contributed by atoms with Gasteiger partial charge in [-0.3, -0.25) is 0 Å². The lowest BCUT2D eigenvalue weighted by atomic mass is 9.93. The van der Waals surface area contributed by atoms with E-state index in [0.717, 1.165) is 24.0 Å². The Kier molecular flexibility index (Phi) is 4.24.